The predicted octanol–water partition coefficient (Wildman–Crippen LogP) is 1.79. The summed E-state index contributed by atoms with van der Waals surface area (Å²) in [5.41, 5.74) is 1.70. The monoisotopic (exact) mass is 586 g/mol. The molecule has 0 spiro atoms. The van der Waals surface area contributed by atoms with Crippen molar-refractivity contribution in [3.63, 3.8) is 0 Å². The summed E-state index contributed by atoms with van der Waals surface area (Å²) in [4.78, 5) is 52.4. The van der Waals surface area contributed by atoms with Gasteiger partial charge in [-0.3, -0.25) is 14.4 Å². The van der Waals surface area contributed by atoms with Gasteiger partial charge in [-0.05, 0) is 50.1 Å². The van der Waals surface area contributed by atoms with Crippen LogP contribution in [0.4, 0.5) is 0 Å². The number of aliphatic carboxylic acids is 1. The lowest BCUT2D eigenvalue weighted by atomic mass is 9.91. The van der Waals surface area contributed by atoms with E-state index in [9.17, 15) is 29.4 Å². The summed E-state index contributed by atoms with van der Waals surface area (Å²) in [5, 5.41) is 31.0. The van der Waals surface area contributed by atoms with Crippen molar-refractivity contribution < 1.29 is 29.4 Å². The van der Waals surface area contributed by atoms with E-state index >= 15 is 0 Å². The lowest BCUT2D eigenvalue weighted by Crippen LogP contribution is -2.59. The second kappa shape index (κ2) is 13.0. The smallest absolute Gasteiger partial charge is 0.327 e. The van der Waals surface area contributed by atoms with Crippen molar-refractivity contribution in [2.24, 2.45) is 0 Å². The van der Waals surface area contributed by atoms with E-state index in [1.54, 1.807) is 38.1 Å². The van der Waals surface area contributed by atoms with E-state index in [4.69, 9.17) is 0 Å². The van der Waals surface area contributed by atoms with Crippen molar-refractivity contribution >= 4 is 45.3 Å². The van der Waals surface area contributed by atoms with Gasteiger partial charge in [0.15, 0.2) is 0 Å². The van der Waals surface area contributed by atoms with Gasteiger partial charge in [-0.15, -0.1) is 0 Å². The SMILES string of the molecule is CC1(C)SSC[C@@H](NC(=O)[C@@H]2NCC[C@H]2c2ccc(O)cc2)C(=O)NC(Cc2ccccc2)C(=O)N[C@H]1C(=O)O. The third-order valence-corrected chi connectivity index (χ3v) is 10.4. The van der Waals surface area contributed by atoms with Crippen molar-refractivity contribution in [2.75, 3.05) is 12.3 Å². The van der Waals surface area contributed by atoms with Crippen LogP contribution >= 0.6 is 21.6 Å². The van der Waals surface area contributed by atoms with Gasteiger partial charge in [0.1, 0.15) is 23.9 Å². The number of hydrogen-bond donors (Lipinski definition) is 6. The quantitative estimate of drug-likeness (QED) is 0.278. The number of amides is 3. The maximum absolute atomic E-state index is 13.5. The number of hydrogen-bond acceptors (Lipinski definition) is 8. The third-order valence-electron chi connectivity index (χ3n) is 7.11. The number of carboxylic acid groups (broad SMARTS) is 1. The Morgan fingerprint density at radius 3 is 2.40 bits per heavy atom. The van der Waals surface area contributed by atoms with Crippen molar-refractivity contribution in [1.29, 1.82) is 0 Å². The molecule has 2 aromatic rings. The second-order valence-corrected chi connectivity index (χ2v) is 13.5. The average Bonchev–Trinajstić information content (AvgIpc) is 3.40. The zero-order valence-electron chi connectivity index (χ0n) is 22.3. The number of phenols is 1. The Morgan fingerprint density at radius 1 is 1.02 bits per heavy atom. The molecular formula is C28H34N4O6S2. The molecule has 4 rings (SSSR count). The molecule has 0 bridgehead atoms. The van der Waals surface area contributed by atoms with Crippen molar-refractivity contribution in [2.45, 2.75) is 61.5 Å². The first kappa shape index (κ1) is 29.8. The Kier molecular flexibility index (Phi) is 9.64. The van der Waals surface area contributed by atoms with Gasteiger partial charge in [0, 0.05) is 18.1 Å². The van der Waals surface area contributed by atoms with Crippen molar-refractivity contribution in [3.8, 4) is 5.75 Å². The first-order valence-electron chi connectivity index (χ1n) is 13.1. The van der Waals surface area contributed by atoms with Crippen LogP contribution in [-0.4, -0.2) is 75.1 Å². The highest BCUT2D eigenvalue weighted by Crippen LogP contribution is 2.39. The van der Waals surface area contributed by atoms with Gasteiger partial charge in [0.2, 0.25) is 17.7 Å². The normalized spacial score (nSPS) is 27.1. The van der Waals surface area contributed by atoms with Crippen LogP contribution in [0.3, 0.4) is 0 Å². The van der Waals surface area contributed by atoms with E-state index in [1.165, 1.54) is 21.6 Å². The molecular weight excluding hydrogens is 552 g/mol. The number of nitrogens with one attached hydrogen (secondary N) is 4. The Balaban J connectivity index is 1.56. The Bertz CT molecular complexity index is 1230. The van der Waals surface area contributed by atoms with Gasteiger partial charge in [0.25, 0.3) is 0 Å². The maximum Gasteiger partial charge on any atom is 0.327 e. The Hall–Kier alpha value is -3.22. The molecule has 0 saturated carbocycles. The highest BCUT2D eigenvalue weighted by Gasteiger charge is 2.41. The molecule has 10 nitrogen and oxygen atoms in total. The molecule has 2 aliphatic rings. The molecule has 6 N–H and O–H groups in total. The fourth-order valence-corrected chi connectivity index (χ4v) is 7.72. The van der Waals surface area contributed by atoms with E-state index < -0.39 is 46.7 Å². The van der Waals surface area contributed by atoms with E-state index in [-0.39, 0.29) is 29.7 Å². The first-order valence-corrected chi connectivity index (χ1v) is 15.4. The lowest BCUT2D eigenvalue weighted by Gasteiger charge is -2.31. The van der Waals surface area contributed by atoms with Crippen LogP contribution in [0, 0.1) is 0 Å². The third kappa shape index (κ3) is 7.29. The molecule has 2 heterocycles. The van der Waals surface area contributed by atoms with E-state index in [0.717, 1.165) is 11.1 Å². The molecule has 3 amide bonds. The number of rotatable bonds is 6. The van der Waals surface area contributed by atoms with Crippen LogP contribution in [0.5, 0.6) is 5.75 Å². The van der Waals surface area contributed by atoms with E-state index in [1.807, 2.05) is 30.3 Å². The van der Waals surface area contributed by atoms with Crippen LogP contribution < -0.4 is 21.3 Å². The van der Waals surface area contributed by atoms with E-state index in [0.29, 0.717) is 13.0 Å². The minimum atomic E-state index is -1.20. The summed E-state index contributed by atoms with van der Waals surface area (Å²) in [6.45, 7) is 4.07. The van der Waals surface area contributed by atoms with Crippen LogP contribution in [0.2, 0.25) is 0 Å². The molecule has 2 aliphatic heterocycles. The van der Waals surface area contributed by atoms with Gasteiger partial charge in [-0.25, -0.2) is 4.79 Å². The fourth-order valence-electron chi connectivity index (χ4n) is 4.91. The predicted molar refractivity (Wildman–Crippen MR) is 155 cm³/mol. The summed E-state index contributed by atoms with van der Waals surface area (Å²) in [6.07, 6.45) is 0.869. The number of carboxylic acids is 1. The maximum atomic E-state index is 13.5. The first-order chi connectivity index (χ1) is 19.0. The molecule has 2 fully saturated rings. The molecule has 2 aromatic carbocycles. The minimum absolute atomic E-state index is 0.139. The van der Waals surface area contributed by atoms with Gasteiger partial charge in [-0.2, -0.15) is 0 Å². The number of carbonyl (C=O) groups excluding carboxylic acids is 3. The lowest BCUT2D eigenvalue weighted by molar-refractivity contribution is -0.143. The topological polar surface area (TPSA) is 157 Å². The summed E-state index contributed by atoms with van der Waals surface area (Å²) in [7, 11) is 2.51. The van der Waals surface area contributed by atoms with Crippen LogP contribution in [0.15, 0.2) is 54.6 Å². The fraction of sp³-hybridized carbons (Fsp3) is 0.429. The largest absolute Gasteiger partial charge is 0.508 e. The van der Waals surface area contributed by atoms with Gasteiger partial charge in [0.05, 0.1) is 10.8 Å². The summed E-state index contributed by atoms with van der Waals surface area (Å²) >= 11 is 0. The molecule has 1 unspecified atom stereocenters. The zero-order valence-corrected chi connectivity index (χ0v) is 23.9. The number of aromatic hydroxyl groups is 1. The molecule has 0 radical (unpaired) electrons. The number of phenolic OH excluding ortho intramolecular Hbond substituents is 1. The van der Waals surface area contributed by atoms with Crippen LogP contribution in [0.25, 0.3) is 0 Å². The highest BCUT2D eigenvalue weighted by molar-refractivity contribution is 8.77. The van der Waals surface area contributed by atoms with Crippen LogP contribution in [0.1, 0.15) is 37.3 Å². The molecule has 12 heteroatoms. The van der Waals surface area contributed by atoms with E-state index in [2.05, 4.69) is 21.3 Å². The standard InChI is InChI=1S/C28H34N4O6S2/c1-28(2)23(27(37)38)32-24(34)20(14-16-6-4-3-5-7-16)30-25(35)21(15-39-40-28)31-26(36)22-19(12-13-29-22)17-8-10-18(33)11-9-17/h3-11,19-23,29,33H,12-15H2,1-2H3,(H,30,35)(H,31,36)(H,32,34)(H,37,38)/t19-,20?,21+,22+,23-/m0/s1. The number of benzene rings is 2. The molecule has 40 heavy (non-hydrogen) atoms. The van der Waals surface area contributed by atoms with Gasteiger partial charge >= 0.3 is 5.97 Å². The van der Waals surface area contributed by atoms with Crippen LogP contribution in [-0.2, 0) is 25.6 Å². The highest BCUT2D eigenvalue weighted by atomic mass is 33.1. The average molecular weight is 587 g/mol. The molecule has 5 atom stereocenters. The van der Waals surface area contributed by atoms with Crippen molar-refractivity contribution in [3.05, 3.63) is 65.7 Å². The summed E-state index contributed by atoms with van der Waals surface area (Å²) in [6, 6.07) is 12.1. The Labute approximate surface area is 240 Å². The molecule has 214 valence electrons. The second-order valence-electron chi connectivity index (χ2n) is 10.5. The molecule has 0 aliphatic carbocycles. The molecule has 0 aromatic heterocycles. The summed E-state index contributed by atoms with van der Waals surface area (Å²) in [5.74, 6) is -2.48. The minimum Gasteiger partial charge on any atom is -0.508 e. The van der Waals surface area contributed by atoms with Crippen molar-refractivity contribution in [1.82, 2.24) is 21.3 Å². The summed E-state index contributed by atoms with van der Waals surface area (Å²) < 4.78 is -0.914. The van der Waals surface area contributed by atoms with Gasteiger partial charge in [-0.1, -0.05) is 64.1 Å². The zero-order chi connectivity index (χ0) is 28.9. The molecule has 2 saturated heterocycles. The Morgan fingerprint density at radius 2 is 1.73 bits per heavy atom. The number of carbonyl (C=O) groups is 4. The van der Waals surface area contributed by atoms with Gasteiger partial charge < -0.3 is 31.5 Å².